The Morgan fingerprint density at radius 2 is 1.92 bits per heavy atom. The zero-order valence-electron chi connectivity index (χ0n) is 14.7. The number of rotatable bonds is 7. The molecule has 0 bridgehead atoms. The van der Waals surface area contributed by atoms with E-state index in [4.69, 9.17) is 18.4 Å². The van der Waals surface area contributed by atoms with Gasteiger partial charge >= 0.3 is 0 Å². The van der Waals surface area contributed by atoms with Crippen molar-refractivity contribution >= 4 is 5.91 Å². The summed E-state index contributed by atoms with van der Waals surface area (Å²) in [6.07, 6.45) is 0. The Balaban J connectivity index is 1.51. The summed E-state index contributed by atoms with van der Waals surface area (Å²) in [6, 6.07) is 8.86. The van der Waals surface area contributed by atoms with Gasteiger partial charge in [0, 0.05) is 0 Å². The van der Waals surface area contributed by atoms with Gasteiger partial charge in [0.2, 0.25) is 11.7 Å². The minimum atomic E-state index is -0.256. The molecule has 3 rings (SSSR count). The fourth-order valence-corrected chi connectivity index (χ4v) is 2.35. The van der Waals surface area contributed by atoms with Gasteiger partial charge in [0.25, 0.3) is 5.91 Å². The predicted octanol–water partition coefficient (Wildman–Crippen LogP) is 2.80. The smallest absolute Gasteiger partial charge is 0.255 e. The van der Waals surface area contributed by atoms with E-state index < -0.39 is 0 Å². The molecule has 0 radical (unpaired) electrons. The van der Waals surface area contributed by atoms with Crippen LogP contribution in [0.3, 0.4) is 0 Å². The van der Waals surface area contributed by atoms with Gasteiger partial charge < -0.3 is 23.7 Å². The molecule has 1 N–H and O–H groups in total. The van der Waals surface area contributed by atoms with Crippen LogP contribution >= 0.6 is 0 Å². The topological polar surface area (TPSA) is 99.6 Å². The second kappa shape index (κ2) is 7.73. The molecular formula is C18H19N3O5. The van der Waals surface area contributed by atoms with E-state index in [0.29, 0.717) is 34.5 Å². The lowest BCUT2D eigenvalue weighted by molar-refractivity contribution is 0.0944. The molecule has 8 nitrogen and oxygen atoms in total. The van der Waals surface area contributed by atoms with E-state index >= 15 is 0 Å². The van der Waals surface area contributed by atoms with Gasteiger partial charge in [-0.25, -0.2) is 0 Å². The average molecular weight is 357 g/mol. The highest BCUT2D eigenvalue weighted by Crippen LogP contribution is 2.18. The molecule has 0 saturated heterocycles. The Hall–Kier alpha value is -3.29. The molecule has 0 saturated carbocycles. The molecule has 2 heterocycles. The number of ether oxygens (including phenoxy) is 2. The monoisotopic (exact) mass is 357 g/mol. The Bertz CT molecular complexity index is 883. The molecule has 0 spiro atoms. The third-order valence-corrected chi connectivity index (χ3v) is 3.62. The molecule has 0 aliphatic rings. The van der Waals surface area contributed by atoms with Gasteiger partial charge in [-0.1, -0.05) is 5.16 Å². The van der Waals surface area contributed by atoms with Crippen molar-refractivity contribution in [2.24, 2.45) is 0 Å². The van der Waals surface area contributed by atoms with Crippen molar-refractivity contribution in [2.45, 2.75) is 27.0 Å². The Morgan fingerprint density at radius 1 is 1.19 bits per heavy atom. The first-order chi connectivity index (χ1) is 12.5. The third-order valence-electron chi connectivity index (χ3n) is 3.62. The van der Waals surface area contributed by atoms with Crippen LogP contribution in [0.1, 0.15) is 33.6 Å². The van der Waals surface area contributed by atoms with Crippen LogP contribution in [0.2, 0.25) is 0 Å². The quantitative estimate of drug-likeness (QED) is 0.694. The van der Waals surface area contributed by atoms with Gasteiger partial charge in [-0.05, 0) is 44.2 Å². The largest absolute Gasteiger partial charge is 0.497 e. The Kier molecular flexibility index (Phi) is 5.21. The van der Waals surface area contributed by atoms with Crippen LogP contribution in [0, 0.1) is 13.8 Å². The summed E-state index contributed by atoms with van der Waals surface area (Å²) in [4.78, 5) is 16.3. The fraction of sp³-hybridized carbons (Fsp3) is 0.278. The number of aryl methyl sites for hydroxylation is 2. The maximum atomic E-state index is 12.1. The standard InChI is InChI=1S/C18H19N3O5/c1-11-8-15(12(2)25-11)18(22)19-9-17-20-16(21-26-17)10-24-14-6-4-13(23-3)5-7-14/h4-8H,9-10H2,1-3H3,(H,19,22). The molecule has 8 heteroatoms. The summed E-state index contributed by atoms with van der Waals surface area (Å²) >= 11 is 0. The van der Waals surface area contributed by atoms with Crippen LogP contribution in [0.5, 0.6) is 11.5 Å². The van der Waals surface area contributed by atoms with Gasteiger partial charge in [0.1, 0.15) is 23.0 Å². The number of nitrogens with zero attached hydrogens (tertiary/aromatic N) is 2. The molecule has 0 unspecified atom stereocenters. The second-order valence-electron chi connectivity index (χ2n) is 5.58. The van der Waals surface area contributed by atoms with Gasteiger partial charge in [-0.15, -0.1) is 0 Å². The summed E-state index contributed by atoms with van der Waals surface area (Å²) in [7, 11) is 1.60. The van der Waals surface area contributed by atoms with Gasteiger partial charge in [-0.2, -0.15) is 4.98 Å². The molecule has 2 aromatic heterocycles. The molecule has 0 aliphatic carbocycles. The first-order valence-corrected chi connectivity index (χ1v) is 7.98. The van der Waals surface area contributed by atoms with Crippen molar-refractivity contribution in [1.82, 2.24) is 15.5 Å². The van der Waals surface area contributed by atoms with Crippen LogP contribution < -0.4 is 14.8 Å². The van der Waals surface area contributed by atoms with Crippen LogP contribution in [-0.4, -0.2) is 23.2 Å². The van der Waals surface area contributed by atoms with Gasteiger partial charge in [0.15, 0.2) is 6.61 Å². The summed E-state index contributed by atoms with van der Waals surface area (Å²) < 4.78 is 21.1. The van der Waals surface area contributed by atoms with Crippen LogP contribution in [0.25, 0.3) is 0 Å². The summed E-state index contributed by atoms with van der Waals surface area (Å²) in [5, 5.41) is 6.55. The second-order valence-corrected chi connectivity index (χ2v) is 5.58. The number of methoxy groups -OCH3 is 1. The average Bonchev–Trinajstić information content (AvgIpc) is 3.24. The highest BCUT2D eigenvalue weighted by molar-refractivity contribution is 5.95. The van der Waals surface area contributed by atoms with E-state index in [1.165, 1.54) is 0 Å². The lowest BCUT2D eigenvalue weighted by atomic mass is 10.2. The SMILES string of the molecule is COc1ccc(OCc2noc(CNC(=O)c3cc(C)oc3C)n2)cc1. The first-order valence-electron chi connectivity index (χ1n) is 7.98. The molecule has 0 aliphatic heterocycles. The van der Waals surface area contributed by atoms with Crippen molar-refractivity contribution < 1.29 is 23.2 Å². The molecule has 1 aromatic carbocycles. The molecule has 3 aromatic rings. The van der Waals surface area contributed by atoms with Crippen molar-refractivity contribution in [3.05, 3.63) is 59.1 Å². The molecule has 0 atom stereocenters. The van der Waals surface area contributed by atoms with Gasteiger partial charge in [0.05, 0.1) is 19.2 Å². The molecule has 136 valence electrons. The van der Waals surface area contributed by atoms with Crippen LogP contribution in [-0.2, 0) is 13.2 Å². The summed E-state index contributed by atoms with van der Waals surface area (Å²) in [6.45, 7) is 3.81. The minimum absolute atomic E-state index is 0.123. The summed E-state index contributed by atoms with van der Waals surface area (Å²) in [5.41, 5.74) is 0.491. The predicted molar refractivity (Wildman–Crippen MR) is 91.0 cm³/mol. The molecular weight excluding hydrogens is 338 g/mol. The normalized spacial score (nSPS) is 10.6. The number of benzene rings is 1. The highest BCUT2D eigenvalue weighted by Gasteiger charge is 2.15. The molecule has 0 fully saturated rings. The molecule has 1 amide bonds. The fourth-order valence-electron chi connectivity index (χ4n) is 2.35. The number of nitrogens with one attached hydrogen (secondary N) is 1. The van der Waals surface area contributed by atoms with Crippen molar-refractivity contribution in [3.8, 4) is 11.5 Å². The lowest BCUT2D eigenvalue weighted by Gasteiger charge is -2.04. The van der Waals surface area contributed by atoms with Crippen LogP contribution in [0.4, 0.5) is 0 Å². The summed E-state index contributed by atoms with van der Waals surface area (Å²) in [5.74, 6) is 3.09. The van der Waals surface area contributed by atoms with Gasteiger partial charge in [-0.3, -0.25) is 4.79 Å². The number of amides is 1. The third kappa shape index (κ3) is 4.21. The number of carbonyl (C=O) groups excluding carboxylic acids is 1. The minimum Gasteiger partial charge on any atom is -0.497 e. The van der Waals surface area contributed by atoms with Crippen molar-refractivity contribution in [2.75, 3.05) is 7.11 Å². The number of hydrogen-bond donors (Lipinski definition) is 1. The zero-order chi connectivity index (χ0) is 18.5. The van der Waals surface area contributed by atoms with E-state index in [-0.39, 0.29) is 19.1 Å². The van der Waals surface area contributed by atoms with E-state index in [0.717, 1.165) is 5.75 Å². The van der Waals surface area contributed by atoms with Crippen molar-refractivity contribution in [3.63, 3.8) is 0 Å². The number of hydrogen-bond acceptors (Lipinski definition) is 7. The Labute approximate surface area is 150 Å². The van der Waals surface area contributed by atoms with Crippen molar-refractivity contribution in [1.29, 1.82) is 0 Å². The maximum absolute atomic E-state index is 12.1. The van der Waals surface area contributed by atoms with E-state index in [2.05, 4.69) is 15.5 Å². The molecule has 26 heavy (non-hydrogen) atoms. The maximum Gasteiger partial charge on any atom is 0.255 e. The highest BCUT2D eigenvalue weighted by atomic mass is 16.5. The number of carbonyl (C=O) groups is 1. The van der Waals surface area contributed by atoms with E-state index in [1.54, 1.807) is 51.3 Å². The van der Waals surface area contributed by atoms with E-state index in [1.807, 2.05) is 0 Å². The zero-order valence-corrected chi connectivity index (χ0v) is 14.7. The van der Waals surface area contributed by atoms with E-state index in [9.17, 15) is 4.79 Å². The Morgan fingerprint density at radius 3 is 2.58 bits per heavy atom. The first kappa shape index (κ1) is 17.5. The lowest BCUT2D eigenvalue weighted by Crippen LogP contribution is -2.23. The number of aromatic nitrogens is 2. The number of furan rings is 1. The van der Waals surface area contributed by atoms with Crippen LogP contribution in [0.15, 0.2) is 39.3 Å².